The van der Waals surface area contributed by atoms with Gasteiger partial charge in [0.1, 0.15) is 12.2 Å². The Morgan fingerprint density at radius 2 is 1.89 bits per heavy atom. The molecule has 0 radical (unpaired) electrons. The van der Waals surface area contributed by atoms with E-state index in [2.05, 4.69) is 4.74 Å². The monoisotopic (exact) mass is 265 g/mol. The number of nitro groups is 1. The molecule has 6 heteroatoms. The maximum atomic E-state index is 11.5. The van der Waals surface area contributed by atoms with E-state index < -0.39 is 10.9 Å². The number of hydrogen-bond acceptors (Lipinski definition) is 5. The molecule has 1 rings (SSSR count). The highest BCUT2D eigenvalue weighted by atomic mass is 16.6. The molecule has 19 heavy (non-hydrogen) atoms. The smallest absolute Gasteiger partial charge is 0.313 e. The van der Waals surface area contributed by atoms with Crippen LogP contribution in [0.15, 0.2) is 24.3 Å². The van der Waals surface area contributed by atoms with Gasteiger partial charge in [-0.05, 0) is 18.9 Å². The largest absolute Gasteiger partial charge is 0.466 e. The van der Waals surface area contributed by atoms with Crippen LogP contribution in [-0.2, 0) is 20.7 Å². The fraction of sp³-hybridized carbons (Fsp3) is 0.385. The van der Waals surface area contributed by atoms with Crippen LogP contribution in [0.2, 0.25) is 0 Å². The van der Waals surface area contributed by atoms with Crippen LogP contribution in [0, 0.1) is 10.1 Å². The number of nitrogens with zero attached hydrogens (tertiary/aromatic N) is 1. The summed E-state index contributed by atoms with van der Waals surface area (Å²) in [7, 11) is 0. The summed E-state index contributed by atoms with van der Waals surface area (Å²) in [6.45, 7) is 1.94. The highest BCUT2D eigenvalue weighted by molar-refractivity contribution is 5.95. The fourth-order valence-corrected chi connectivity index (χ4v) is 1.53. The van der Waals surface area contributed by atoms with Crippen LogP contribution in [0.1, 0.15) is 25.3 Å². The zero-order valence-corrected chi connectivity index (χ0v) is 10.6. The zero-order chi connectivity index (χ0) is 14.3. The van der Waals surface area contributed by atoms with E-state index in [1.807, 2.05) is 0 Å². The molecule has 102 valence electrons. The van der Waals surface area contributed by atoms with Crippen molar-refractivity contribution in [3.8, 4) is 0 Å². The first-order valence-corrected chi connectivity index (χ1v) is 5.93. The van der Waals surface area contributed by atoms with Gasteiger partial charge < -0.3 is 4.74 Å². The zero-order valence-electron chi connectivity index (χ0n) is 10.6. The number of ether oxygens (including phenoxy) is 1. The van der Waals surface area contributed by atoms with Crippen molar-refractivity contribution in [2.24, 2.45) is 0 Å². The van der Waals surface area contributed by atoms with E-state index in [1.54, 1.807) is 19.1 Å². The molecule has 0 saturated heterocycles. The van der Waals surface area contributed by atoms with Gasteiger partial charge in [-0.2, -0.15) is 0 Å². The van der Waals surface area contributed by atoms with Gasteiger partial charge >= 0.3 is 5.97 Å². The number of Topliss-reactive ketones (excluding diaryl/α,β-unsaturated/α-hetero) is 1. The first kappa shape index (κ1) is 14.8. The maximum Gasteiger partial charge on any atom is 0.313 e. The van der Waals surface area contributed by atoms with E-state index in [9.17, 15) is 19.7 Å². The average molecular weight is 265 g/mol. The van der Waals surface area contributed by atoms with Crippen molar-refractivity contribution in [1.29, 1.82) is 0 Å². The van der Waals surface area contributed by atoms with Gasteiger partial charge in [-0.1, -0.05) is 12.1 Å². The molecule has 0 amide bonds. The summed E-state index contributed by atoms with van der Waals surface area (Å²) in [6.07, 6.45) is 0.452. The molecule has 1 aromatic carbocycles. The summed E-state index contributed by atoms with van der Waals surface area (Å²) in [5.74, 6) is -0.715. The number of carbonyl (C=O) groups excluding carboxylic acids is 2. The van der Waals surface area contributed by atoms with Gasteiger partial charge in [0.05, 0.1) is 11.5 Å². The van der Waals surface area contributed by atoms with Crippen LogP contribution in [0.4, 0.5) is 5.69 Å². The third kappa shape index (κ3) is 5.29. The minimum atomic E-state index is -0.517. The van der Waals surface area contributed by atoms with Gasteiger partial charge in [0.2, 0.25) is 0 Å². The van der Waals surface area contributed by atoms with Crippen molar-refractivity contribution < 1.29 is 19.2 Å². The molecule has 1 aromatic rings. The average Bonchev–Trinajstić information content (AvgIpc) is 2.37. The summed E-state index contributed by atoms with van der Waals surface area (Å²) in [5, 5.41) is 10.5. The van der Waals surface area contributed by atoms with Gasteiger partial charge in [0.25, 0.3) is 5.69 Å². The van der Waals surface area contributed by atoms with E-state index in [-0.39, 0.29) is 30.9 Å². The first-order valence-electron chi connectivity index (χ1n) is 5.93. The molecule has 0 aliphatic heterocycles. The second-order valence-corrected chi connectivity index (χ2v) is 3.94. The van der Waals surface area contributed by atoms with E-state index in [0.29, 0.717) is 6.42 Å². The Morgan fingerprint density at radius 1 is 1.26 bits per heavy atom. The summed E-state index contributed by atoms with van der Waals surface area (Å²) in [6, 6.07) is 6.00. The molecule has 0 N–H and O–H groups in total. The number of aryl methyl sites for hydroxylation is 1. The maximum absolute atomic E-state index is 11.5. The molecule has 0 spiro atoms. The summed E-state index contributed by atoms with van der Waals surface area (Å²) in [5.41, 5.74) is 0.837. The lowest BCUT2D eigenvalue weighted by atomic mass is 10.1. The normalized spacial score (nSPS) is 9.95. The highest BCUT2D eigenvalue weighted by Crippen LogP contribution is 2.13. The number of nitro benzene ring substituents is 1. The predicted octanol–water partition coefficient (Wildman–Crippen LogP) is 2.05. The van der Waals surface area contributed by atoms with Crippen molar-refractivity contribution >= 4 is 17.4 Å². The second kappa shape index (κ2) is 7.25. The molecule has 0 aliphatic rings. The van der Waals surface area contributed by atoms with E-state index >= 15 is 0 Å². The summed E-state index contributed by atoms with van der Waals surface area (Å²) < 4.78 is 4.67. The number of rotatable bonds is 7. The van der Waals surface area contributed by atoms with Crippen LogP contribution >= 0.6 is 0 Å². The van der Waals surface area contributed by atoms with E-state index in [4.69, 9.17) is 0 Å². The summed E-state index contributed by atoms with van der Waals surface area (Å²) >= 11 is 0. The number of hydrogen-bond donors (Lipinski definition) is 0. The minimum Gasteiger partial charge on any atom is -0.466 e. The third-order valence-corrected chi connectivity index (χ3v) is 2.49. The molecule has 0 aliphatic carbocycles. The number of carbonyl (C=O) groups is 2. The number of benzene rings is 1. The Kier molecular flexibility index (Phi) is 5.66. The number of esters is 1. The van der Waals surface area contributed by atoms with Gasteiger partial charge in [-0.15, -0.1) is 0 Å². The molecule has 6 nitrogen and oxygen atoms in total. The summed E-state index contributed by atoms with van der Waals surface area (Å²) in [4.78, 5) is 32.5. The molecule has 0 fully saturated rings. The highest BCUT2D eigenvalue weighted by Gasteiger charge is 2.11. The van der Waals surface area contributed by atoms with Crippen molar-refractivity contribution in [2.75, 3.05) is 6.61 Å². The molecular formula is C13H15NO5. The van der Waals surface area contributed by atoms with E-state index in [1.165, 1.54) is 12.1 Å². The van der Waals surface area contributed by atoms with Crippen molar-refractivity contribution in [1.82, 2.24) is 0 Å². The number of ketones is 1. The Morgan fingerprint density at radius 3 is 2.42 bits per heavy atom. The van der Waals surface area contributed by atoms with Gasteiger partial charge in [-0.25, -0.2) is 0 Å². The lowest BCUT2D eigenvalue weighted by Gasteiger charge is -2.02. The Hall–Kier alpha value is -2.24. The van der Waals surface area contributed by atoms with Crippen LogP contribution in [0.3, 0.4) is 0 Å². The lowest BCUT2D eigenvalue weighted by molar-refractivity contribution is -0.384. The molecular weight excluding hydrogens is 250 g/mol. The quantitative estimate of drug-likeness (QED) is 0.326. The predicted molar refractivity (Wildman–Crippen MR) is 67.7 cm³/mol. The molecule has 0 aromatic heterocycles. The molecule has 0 atom stereocenters. The topological polar surface area (TPSA) is 86.5 Å². The van der Waals surface area contributed by atoms with Gasteiger partial charge in [-0.3, -0.25) is 19.7 Å². The van der Waals surface area contributed by atoms with Crippen LogP contribution in [0.25, 0.3) is 0 Å². The number of non-ortho nitro benzene ring substituents is 1. The van der Waals surface area contributed by atoms with Gasteiger partial charge in [0, 0.05) is 18.6 Å². The van der Waals surface area contributed by atoms with Crippen molar-refractivity contribution in [3.05, 3.63) is 39.9 Å². The fourth-order valence-electron chi connectivity index (χ4n) is 1.53. The SMILES string of the molecule is CCOC(=O)CC(=O)CCc1ccc([N+](=O)[O-])cc1. The third-order valence-electron chi connectivity index (χ3n) is 2.49. The minimum absolute atomic E-state index is 0.0154. The van der Waals surface area contributed by atoms with Gasteiger partial charge in [0.15, 0.2) is 0 Å². The van der Waals surface area contributed by atoms with Crippen LogP contribution in [0.5, 0.6) is 0 Å². The van der Waals surface area contributed by atoms with Crippen LogP contribution in [-0.4, -0.2) is 23.3 Å². The lowest BCUT2D eigenvalue weighted by Crippen LogP contribution is -2.11. The first-order chi connectivity index (χ1) is 9.02. The van der Waals surface area contributed by atoms with Crippen molar-refractivity contribution in [2.45, 2.75) is 26.2 Å². The Labute approximate surface area is 110 Å². The van der Waals surface area contributed by atoms with Crippen molar-refractivity contribution in [3.63, 3.8) is 0 Å². The van der Waals surface area contributed by atoms with E-state index in [0.717, 1.165) is 5.56 Å². The Bertz CT molecular complexity index is 466. The van der Waals surface area contributed by atoms with Crippen LogP contribution < -0.4 is 0 Å². The molecule has 0 saturated carbocycles. The second-order valence-electron chi connectivity index (χ2n) is 3.94. The molecule has 0 unspecified atom stereocenters. The molecule has 0 bridgehead atoms. The molecule has 0 heterocycles. The standard InChI is InChI=1S/C13H15NO5/c1-2-19-13(16)9-12(15)8-5-10-3-6-11(7-4-10)14(17)18/h3-4,6-7H,2,5,8-9H2,1H3. The Balaban J connectivity index is 2.42.